The van der Waals surface area contributed by atoms with Crippen LogP contribution in [-0.2, 0) is 14.2 Å². The zero-order valence-corrected chi connectivity index (χ0v) is 13.8. The number of ether oxygens (including phenoxy) is 3. The third kappa shape index (κ3) is 2.35. The van der Waals surface area contributed by atoms with Gasteiger partial charge in [0.1, 0.15) is 6.10 Å². The quantitative estimate of drug-likeness (QED) is 0.765. The van der Waals surface area contributed by atoms with Crippen molar-refractivity contribution >= 4 is 0 Å². The Hall–Kier alpha value is -0.160. The van der Waals surface area contributed by atoms with Gasteiger partial charge >= 0.3 is 0 Å². The van der Waals surface area contributed by atoms with Crippen molar-refractivity contribution in [3.8, 4) is 0 Å². The maximum absolute atomic E-state index is 9.90. The fourth-order valence-electron chi connectivity index (χ4n) is 4.72. The fraction of sp³-hybridized carbons (Fsp3) is 1.00. The lowest BCUT2D eigenvalue weighted by Gasteiger charge is -2.46. The second-order valence-corrected chi connectivity index (χ2v) is 7.90. The van der Waals surface area contributed by atoms with Crippen molar-refractivity contribution < 1.29 is 19.3 Å². The number of aliphatic hydroxyl groups excluding tert-OH is 1. The minimum Gasteiger partial charge on any atom is -0.390 e. The Kier molecular flexibility index (Phi) is 4.11. The zero-order chi connectivity index (χ0) is 15.3. The average molecular weight is 298 g/mol. The van der Waals surface area contributed by atoms with Crippen LogP contribution in [0, 0.1) is 16.7 Å². The second-order valence-electron chi connectivity index (χ2n) is 7.90. The van der Waals surface area contributed by atoms with Gasteiger partial charge in [-0.3, -0.25) is 0 Å². The highest BCUT2D eigenvalue weighted by molar-refractivity contribution is 5.11. The molecule has 0 radical (unpaired) electrons. The molecule has 1 N–H and O–H groups in total. The number of hydrogen-bond acceptors (Lipinski definition) is 4. The van der Waals surface area contributed by atoms with Gasteiger partial charge in [0.15, 0.2) is 0 Å². The summed E-state index contributed by atoms with van der Waals surface area (Å²) in [6.07, 6.45) is 4.28. The van der Waals surface area contributed by atoms with Gasteiger partial charge in [0.05, 0.1) is 31.5 Å². The van der Waals surface area contributed by atoms with Crippen molar-refractivity contribution in [3.63, 3.8) is 0 Å². The molecule has 3 saturated carbocycles. The first kappa shape index (κ1) is 15.7. The third-order valence-electron chi connectivity index (χ3n) is 6.87. The lowest BCUT2D eigenvalue weighted by Crippen LogP contribution is -2.56. The van der Waals surface area contributed by atoms with E-state index in [0.717, 1.165) is 5.92 Å². The van der Waals surface area contributed by atoms with E-state index in [-0.39, 0.29) is 23.7 Å². The lowest BCUT2D eigenvalue weighted by atomic mass is 9.70. The number of rotatable bonds is 6. The predicted molar refractivity (Wildman–Crippen MR) is 80.1 cm³/mol. The van der Waals surface area contributed by atoms with Gasteiger partial charge in [0.2, 0.25) is 0 Å². The van der Waals surface area contributed by atoms with Crippen molar-refractivity contribution in [1.29, 1.82) is 0 Å². The van der Waals surface area contributed by atoms with Gasteiger partial charge < -0.3 is 19.3 Å². The van der Waals surface area contributed by atoms with Crippen LogP contribution in [0.5, 0.6) is 0 Å². The molecule has 4 heteroatoms. The van der Waals surface area contributed by atoms with Gasteiger partial charge in [-0.15, -0.1) is 0 Å². The Balaban J connectivity index is 1.58. The summed E-state index contributed by atoms with van der Waals surface area (Å²) in [6, 6.07) is 0. The Bertz CT molecular complexity index is 383. The lowest BCUT2D eigenvalue weighted by molar-refractivity contribution is -0.225. The highest BCUT2D eigenvalue weighted by Crippen LogP contribution is 2.66. The van der Waals surface area contributed by atoms with Crippen LogP contribution >= 0.6 is 0 Å². The van der Waals surface area contributed by atoms with Crippen LogP contribution in [0.4, 0.5) is 0 Å². The molecular formula is C17H30O4. The zero-order valence-electron chi connectivity index (χ0n) is 13.8. The van der Waals surface area contributed by atoms with Crippen LogP contribution in [0.3, 0.4) is 0 Å². The highest BCUT2D eigenvalue weighted by atomic mass is 16.6. The molecule has 0 aromatic rings. The van der Waals surface area contributed by atoms with Crippen LogP contribution in [0.2, 0.25) is 0 Å². The van der Waals surface area contributed by atoms with Gasteiger partial charge in [-0.2, -0.15) is 0 Å². The van der Waals surface area contributed by atoms with Gasteiger partial charge in [-0.1, -0.05) is 20.8 Å². The molecule has 3 aliphatic carbocycles. The topological polar surface area (TPSA) is 47.9 Å². The van der Waals surface area contributed by atoms with Crippen molar-refractivity contribution in [3.05, 3.63) is 0 Å². The maximum atomic E-state index is 9.90. The maximum Gasteiger partial charge on any atom is 0.110 e. The number of fused-ring (bicyclic) bond motifs is 2. The first-order valence-electron chi connectivity index (χ1n) is 8.34. The Morgan fingerprint density at radius 2 is 1.90 bits per heavy atom. The first-order chi connectivity index (χ1) is 9.90. The molecule has 6 atom stereocenters. The molecule has 122 valence electrons. The second kappa shape index (κ2) is 5.48. The molecule has 0 aromatic heterocycles. The molecule has 3 aliphatic rings. The third-order valence-corrected chi connectivity index (χ3v) is 6.87. The van der Waals surface area contributed by atoms with E-state index in [1.165, 1.54) is 19.3 Å². The Labute approximate surface area is 128 Å². The van der Waals surface area contributed by atoms with Gasteiger partial charge in [-0.25, -0.2) is 0 Å². The summed E-state index contributed by atoms with van der Waals surface area (Å²) in [4.78, 5) is 0. The monoisotopic (exact) mass is 298 g/mol. The molecule has 2 bridgehead atoms. The summed E-state index contributed by atoms with van der Waals surface area (Å²) in [5.41, 5.74) is 0.641. The normalized spacial score (nSPS) is 47.6. The summed E-state index contributed by atoms with van der Waals surface area (Å²) in [6.45, 7) is 8.27. The highest BCUT2D eigenvalue weighted by Gasteiger charge is 2.63. The van der Waals surface area contributed by atoms with E-state index in [1.807, 2.05) is 0 Å². The van der Waals surface area contributed by atoms with Gasteiger partial charge in [0.25, 0.3) is 0 Å². The predicted octanol–water partition coefficient (Wildman–Crippen LogP) is 2.38. The molecule has 0 spiro atoms. The van der Waals surface area contributed by atoms with Crippen molar-refractivity contribution in [1.82, 2.24) is 0 Å². The van der Waals surface area contributed by atoms with E-state index < -0.39 is 0 Å². The van der Waals surface area contributed by atoms with E-state index >= 15 is 0 Å². The van der Waals surface area contributed by atoms with Crippen LogP contribution in [0.1, 0.15) is 46.5 Å². The van der Waals surface area contributed by atoms with E-state index in [2.05, 4.69) is 20.8 Å². The van der Waals surface area contributed by atoms with E-state index in [1.54, 1.807) is 7.11 Å². The van der Waals surface area contributed by atoms with Crippen LogP contribution < -0.4 is 0 Å². The van der Waals surface area contributed by atoms with Crippen molar-refractivity contribution in [2.45, 2.75) is 70.9 Å². The standard InChI is InChI=1S/C17H30O4/c1-16(2)11-5-6-17(16,3)14(9-11)21-13-10-12(18)15(13)20-8-7-19-4/h11-15,18H,5-10H2,1-4H3. The molecule has 0 saturated heterocycles. The minimum atomic E-state index is -0.383. The molecule has 0 amide bonds. The minimum absolute atomic E-state index is 0.0498. The van der Waals surface area contributed by atoms with Gasteiger partial charge in [-0.05, 0) is 36.0 Å². The summed E-state index contributed by atoms with van der Waals surface area (Å²) in [5, 5.41) is 9.90. The summed E-state index contributed by atoms with van der Waals surface area (Å²) in [7, 11) is 1.66. The summed E-state index contributed by atoms with van der Waals surface area (Å²) in [5.74, 6) is 0.783. The van der Waals surface area contributed by atoms with Crippen LogP contribution in [0.15, 0.2) is 0 Å². The molecular weight excluding hydrogens is 268 g/mol. The molecule has 3 fully saturated rings. The number of methoxy groups -OCH3 is 1. The Morgan fingerprint density at radius 1 is 1.14 bits per heavy atom. The summed E-state index contributed by atoms with van der Waals surface area (Å²) >= 11 is 0. The molecule has 3 rings (SSSR count). The number of aliphatic hydroxyl groups is 1. The molecule has 0 aliphatic heterocycles. The SMILES string of the molecule is COCCOC1C(O)CC1OC1CC2CCC1(C)C2(C)C. The van der Waals surface area contributed by atoms with E-state index in [0.29, 0.717) is 31.2 Å². The molecule has 21 heavy (non-hydrogen) atoms. The molecule has 0 heterocycles. The number of hydrogen-bond donors (Lipinski definition) is 1. The van der Waals surface area contributed by atoms with Gasteiger partial charge in [0, 0.05) is 13.5 Å². The van der Waals surface area contributed by atoms with E-state index in [9.17, 15) is 5.11 Å². The Morgan fingerprint density at radius 3 is 2.43 bits per heavy atom. The van der Waals surface area contributed by atoms with Crippen molar-refractivity contribution in [2.24, 2.45) is 16.7 Å². The first-order valence-corrected chi connectivity index (χ1v) is 8.34. The largest absolute Gasteiger partial charge is 0.390 e. The van der Waals surface area contributed by atoms with E-state index in [4.69, 9.17) is 14.2 Å². The molecule has 4 nitrogen and oxygen atoms in total. The fourth-order valence-corrected chi connectivity index (χ4v) is 4.72. The average Bonchev–Trinajstić information content (AvgIpc) is 2.76. The van der Waals surface area contributed by atoms with Crippen molar-refractivity contribution in [2.75, 3.05) is 20.3 Å². The smallest absolute Gasteiger partial charge is 0.110 e. The van der Waals surface area contributed by atoms with Crippen LogP contribution in [0.25, 0.3) is 0 Å². The molecule has 0 aromatic carbocycles. The molecule has 6 unspecified atom stereocenters. The van der Waals surface area contributed by atoms with Crippen LogP contribution in [-0.4, -0.2) is 49.8 Å². The summed E-state index contributed by atoms with van der Waals surface area (Å²) < 4.78 is 17.1.